The molecule has 0 amide bonds. The Morgan fingerprint density at radius 3 is 1.29 bits per heavy atom. The van der Waals surface area contributed by atoms with E-state index in [1.807, 2.05) is 0 Å². The van der Waals surface area contributed by atoms with Crippen molar-refractivity contribution in [2.45, 2.75) is 11.8 Å². The number of hydrogen-bond acceptors (Lipinski definition) is 0. The van der Waals surface area contributed by atoms with Gasteiger partial charge >= 0.3 is 11.8 Å². The number of benzene rings is 4. The van der Waals surface area contributed by atoms with Gasteiger partial charge in [-0.3, -0.25) is 0 Å². The molecular formula is C22H14F5P. The first-order chi connectivity index (χ1) is 13.3. The van der Waals surface area contributed by atoms with Gasteiger partial charge in [0.15, 0.2) is 0 Å². The maximum absolute atomic E-state index is 14.7. The van der Waals surface area contributed by atoms with Crippen molar-refractivity contribution in [3.63, 3.8) is 0 Å². The van der Waals surface area contributed by atoms with Crippen LogP contribution in [0.5, 0.6) is 0 Å². The summed E-state index contributed by atoms with van der Waals surface area (Å²) in [6, 6.07) is 22.9. The van der Waals surface area contributed by atoms with Crippen LogP contribution in [0.15, 0.2) is 84.9 Å². The van der Waals surface area contributed by atoms with E-state index in [2.05, 4.69) is 0 Å². The Hall–Kier alpha value is -2.52. The van der Waals surface area contributed by atoms with Crippen LogP contribution in [0, 0.1) is 0 Å². The Bertz CT molecular complexity index is 1070. The number of fused-ring (bicyclic) bond motifs is 2. The highest BCUT2D eigenvalue weighted by molar-refractivity contribution is 7.74. The van der Waals surface area contributed by atoms with Gasteiger partial charge in [-0.2, -0.15) is 22.0 Å². The molecule has 0 N–H and O–H groups in total. The van der Waals surface area contributed by atoms with E-state index < -0.39 is 19.8 Å². The second-order valence-electron chi connectivity index (χ2n) is 6.44. The van der Waals surface area contributed by atoms with Gasteiger partial charge in [-0.25, -0.2) is 0 Å². The van der Waals surface area contributed by atoms with Gasteiger partial charge in [0.2, 0.25) is 0 Å². The van der Waals surface area contributed by atoms with E-state index in [-0.39, 0.29) is 10.6 Å². The molecule has 0 atom stereocenters. The summed E-state index contributed by atoms with van der Waals surface area (Å²) in [6.07, 6.45) is -5.64. The summed E-state index contributed by atoms with van der Waals surface area (Å²) in [6.45, 7) is 0. The van der Waals surface area contributed by atoms with Crippen molar-refractivity contribution in [3.8, 4) is 0 Å². The first-order valence-electron chi connectivity index (χ1n) is 8.50. The SMILES string of the molecule is FC(F)(F)C(F)(F)P(c1ccc2ccccc2c1)c1ccc2ccccc2c1. The molecular weight excluding hydrogens is 390 g/mol. The zero-order valence-corrected chi connectivity index (χ0v) is 15.3. The molecule has 0 heterocycles. The maximum atomic E-state index is 14.7. The van der Waals surface area contributed by atoms with Crippen LogP contribution in [0.3, 0.4) is 0 Å². The minimum atomic E-state index is -5.64. The summed E-state index contributed by atoms with van der Waals surface area (Å²) in [5, 5.41) is 2.82. The molecule has 4 aromatic rings. The van der Waals surface area contributed by atoms with Crippen molar-refractivity contribution in [1.82, 2.24) is 0 Å². The van der Waals surface area contributed by atoms with Crippen molar-refractivity contribution in [3.05, 3.63) is 84.9 Å². The van der Waals surface area contributed by atoms with Gasteiger partial charge in [0.05, 0.1) is 0 Å². The zero-order valence-electron chi connectivity index (χ0n) is 14.4. The molecule has 0 saturated heterocycles. The summed E-state index contributed by atoms with van der Waals surface area (Å²) in [7, 11) is -2.99. The molecule has 4 aromatic carbocycles. The van der Waals surface area contributed by atoms with Crippen LogP contribution >= 0.6 is 7.92 Å². The molecule has 0 aliphatic heterocycles. The summed E-state index contributed by atoms with van der Waals surface area (Å²) >= 11 is 0. The fraction of sp³-hybridized carbons (Fsp3) is 0.0909. The first-order valence-corrected chi connectivity index (χ1v) is 9.84. The Morgan fingerprint density at radius 1 is 0.500 bits per heavy atom. The van der Waals surface area contributed by atoms with E-state index in [1.165, 1.54) is 24.3 Å². The molecule has 0 fully saturated rings. The smallest absolute Gasteiger partial charge is 0.191 e. The lowest BCUT2D eigenvalue weighted by atomic mass is 10.1. The van der Waals surface area contributed by atoms with Crippen LogP contribution in [-0.2, 0) is 0 Å². The van der Waals surface area contributed by atoms with Gasteiger partial charge in [0.1, 0.15) is 0 Å². The Kier molecular flexibility index (Phi) is 4.59. The third-order valence-electron chi connectivity index (χ3n) is 4.60. The van der Waals surface area contributed by atoms with Crippen LogP contribution in [-0.4, -0.2) is 11.8 Å². The molecule has 0 saturated carbocycles. The molecule has 0 unspecified atom stereocenters. The predicted octanol–water partition coefficient (Wildman–Crippen LogP) is 6.58. The van der Waals surface area contributed by atoms with E-state index in [1.54, 1.807) is 60.7 Å². The summed E-state index contributed by atoms with van der Waals surface area (Å²) < 4.78 is 69.4. The van der Waals surface area contributed by atoms with Crippen molar-refractivity contribution in [2.24, 2.45) is 0 Å². The Labute approximate surface area is 159 Å². The summed E-state index contributed by atoms with van der Waals surface area (Å²) in [5.41, 5.74) is -4.85. The minimum absolute atomic E-state index is 0.00805. The van der Waals surface area contributed by atoms with E-state index in [0.29, 0.717) is 10.8 Å². The van der Waals surface area contributed by atoms with Crippen molar-refractivity contribution >= 4 is 40.1 Å². The molecule has 6 heteroatoms. The van der Waals surface area contributed by atoms with Crippen LogP contribution in [0.25, 0.3) is 21.5 Å². The molecule has 0 aliphatic rings. The topological polar surface area (TPSA) is 0 Å². The molecule has 0 radical (unpaired) electrons. The second-order valence-corrected chi connectivity index (χ2v) is 8.70. The van der Waals surface area contributed by atoms with Gasteiger partial charge in [-0.15, -0.1) is 0 Å². The molecule has 142 valence electrons. The maximum Gasteiger partial charge on any atom is 0.458 e. The van der Waals surface area contributed by atoms with Crippen molar-refractivity contribution < 1.29 is 22.0 Å². The summed E-state index contributed by atoms with van der Waals surface area (Å²) in [4.78, 5) is 0. The third kappa shape index (κ3) is 3.24. The Balaban J connectivity index is 1.94. The largest absolute Gasteiger partial charge is 0.458 e. The lowest BCUT2D eigenvalue weighted by molar-refractivity contribution is -0.239. The van der Waals surface area contributed by atoms with Crippen LogP contribution in [0.4, 0.5) is 22.0 Å². The molecule has 0 aliphatic carbocycles. The van der Waals surface area contributed by atoms with Crippen molar-refractivity contribution in [2.75, 3.05) is 0 Å². The number of alkyl halides is 5. The first kappa shape index (κ1) is 18.8. The molecule has 28 heavy (non-hydrogen) atoms. The highest BCUT2D eigenvalue weighted by Crippen LogP contribution is 2.58. The van der Waals surface area contributed by atoms with Crippen LogP contribution in [0.1, 0.15) is 0 Å². The van der Waals surface area contributed by atoms with Gasteiger partial charge in [-0.05, 0) is 44.3 Å². The van der Waals surface area contributed by atoms with E-state index >= 15 is 0 Å². The molecule has 0 aromatic heterocycles. The second kappa shape index (κ2) is 6.82. The van der Waals surface area contributed by atoms with Crippen LogP contribution < -0.4 is 10.6 Å². The average Bonchev–Trinajstić information content (AvgIpc) is 2.67. The fourth-order valence-corrected chi connectivity index (χ4v) is 5.42. The molecule has 0 bridgehead atoms. The lowest BCUT2D eigenvalue weighted by Gasteiger charge is -2.30. The highest BCUT2D eigenvalue weighted by Gasteiger charge is 2.63. The standard InChI is InChI=1S/C22H14F5P/c23-21(24,25)22(26,27)28(19-11-9-15-5-1-3-7-17(15)13-19)20-12-10-16-6-2-4-8-18(16)14-20/h1-14H. The molecule has 0 nitrogen and oxygen atoms in total. The van der Waals surface area contributed by atoms with E-state index in [0.717, 1.165) is 10.8 Å². The quantitative estimate of drug-likeness (QED) is 0.267. The minimum Gasteiger partial charge on any atom is -0.191 e. The van der Waals surface area contributed by atoms with Crippen LogP contribution in [0.2, 0.25) is 0 Å². The number of hydrogen-bond donors (Lipinski definition) is 0. The van der Waals surface area contributed by atoms with Gasteiger partial charge in [0, 0.05) is 7.92 Å². The predicted molar refractivity (Wildman–Crippen MR) is 105 cm³/mol. The lowest BCUT2D eigenvalue weighted by Crippen LogP contribution is -2.40. The van der Waals surface area contributed by atoms with E-state index in [4.69, 9.17) is 0 Å². The normalized spacial score (nSPS) is 12.8. The monoisotopic (exact) mass is 404 g/mol. The number of rotatable bonds is 3. The zero-order chi connectivity index (χ0) is 19.9. The fourth-order valence-electron chi connectivity index (χ4n) is 3.23. The summed E-state index contributed by atoms with van der Waals surface area (Å²) in [5.74, 6) is 0. The highest BCUT2D eigenvalue weighted by atomic mass is 31.1. The van der Waals surface area contributed by atoms with Crippen molar-refractivity contribution in [1.29, 1.82) is 0 Å². The van der Waals surface area contributed by atoms with Gasteiger partial charge in [0.25, 0.3) is 0 Å². The Morgan fingerprint density at radius 2 is 0.893 bits per heavy atom. The van der Waals surface area contributed by atoms with E-state index in [9.17, 15) is 22.0 Å². The molecule has 0 spiro atoms. The average molecular weight is 404 g/mol. The third-order valence-corrected chi connectivity index (χ3v) is 7.01. The van der Waals surface area contributed by atoms with Gasteiger partial charge < -0.3 is 0 Å². The number of halogens is 5. The van der Waals surface area contributed by atoms with Gasteiger partial charge in [-0.1, -0.05) is 72.8 Å². The molecule has 4 rings (SSSR count).